The number of halogens is 2. The number of benzene rings is 1. The van der Waals surface area contributed by atoms with Crippen molar-refractivity contribution in [3.05, 3.63) is 28.0 Å². The molecule has 6 heteroatoms. The number of carboxylic acid groups (broad SMARTS) is 1. The van der Waals surface area contributed by atoms with Crippen LogP contribution in [0, 0.1) is 5.92 Å². The minimum absolute atomic E-state index is 0.373. The van der Waals surface area contributed by atoms with Crippen LogP contribution in [0.15, 0.2) is 12.1 Å². The molecular formula is C14H16Cl2N2O2. The van der Waals surface area contributed by atoms with Crippen molar-refractivity contribution in [3.8, 4) is 0 Å². The molecule has 2 aromatic rings. The average Bonchev–Trinajstić information content (AvgIpc) is 2.65. The second-order valence-corrected chi connectivity index (χ2v) is 6.08. The molecule has 0 saturated heterocycles. The summed E-state index contributed by atoms with van der Waals surface area (Å²) < 4.78 is 1.72. The molecule has 1 aromatic carbocycles. The minimum Gasteiger partial charge on any atom is -0.480 e. The van der Waals surface area contributed by atoms with Crippen molar-refractivity contribution < 1.29 is 9.90 Å². The topological polar surface area (TPSA) is 55.1 Å². The van der Waals surface area contributed by atoms with Gasteiger partial charge in [-0.3, -0.25) is 0 Å². The lowest BCUT2D eigenvalue weighted by atomic mass is 10.1. The molecule has 0 bridgehead atoms. The van der Waals surface area contributed by atoms with Crippen molar-refractivity contribution in [3.63, 3.8) is 0 Å². The third kappa shape index (κ3) is 2.76. The van der Waals surface area contributed by atoms with Crippen LogP contribution >= 0.6 is 23.2 Å². The molecule has 0 saturated carbocycles. The first-order chi connectivity index (χ1) is 9.31. The maximum atomic E-state index is 11.3. The van der Waals surface area contributed by atoms with Gasteiger partial charge in [0.15, 0.2) is 0 Å². The number of carboxylic acids is 1. The fourth-order valence-electron chi connectivity index (χ4n) is 2.19. The molecule has 108 valence electrons. The Morgan fingerprint density at radius 1 is 1.30 bits per heavy atom. The van der Waals surface area contributed by atoms with Gasteiger partial charge in [-0.2, -0.15) is 0 Å². The van der Waals surface area contributed by atoms with E-state index in [1.807, 2.05) is 0 Å². The van der Waals surface area contributed by atoms with E-state index in [9.17, 15) is 9.90 Å². The highest BCUT2D eigenvalue weighted by Gasteiger charge is 2.22. The lowest BCUT2D eigenvalue weighted by Crippen LogP contribution is -2.18. The predicted molar refractivity (Wildman–Crippen MR) is 80.6 cm³/mol. The standard InChI is InChI=1S/C14H16Cl2N2O2/c1-7(2)4-13-17-11-5-9(15)10(16)6-12(11)18(13)8(3)14(19)20/h5-8H,4H2,1-3H3,(H,19,20). The van der Waals surface area contributed by atoms with Crippen molar-refractivity contribution in [1.82, 2.24) is 9.55 Å². The zero-order valence-electron chi connectivity index (χ0n) is 11.5. The summed E-state index contributed by atoms with van der Waals surface area (Å²) in [6, 6.07) is 2.65. The Morgan fingerprint density at radius 2 is 1.90 bits per heavy atom. The molecule has 0 fully saturated rings. The normalized spacial score (nSPS) is 13.1. The molecule has 4 nitrogen and oxygen atoms in total. The van der Waals surface area contributed by atoms with Crippen LogP contribution in [0.3, 0.4) is 0 Å². The fourth-order valence-corrected chi connectivity index (χ4v) is 2.51. The number of aromatic nitrogens is 2. The Morgan fingerprint density at radius 3 is 2.45 bits per heavy atom. The van der Waals surface area contributed by atoms with E-state index in [1.54, 1.807) is 23.6 Å². The summed E-state index contributed by atoms with van der Waals surface area (Å²) in [6.45, 7) is 5.76. The van der Waals surface area contributed by atoms with E-state index in [0.29, 0.717) is 33.4 Å². The molecule has 0 aliphatic carbocycles. The van der Waals surface area contributed by atoms with Crippen LogP contribution in [0.5, 0.6) is 0 Å². The highest BCUT2D eigenvalue weighted by atomic mass is 35.5. The second kappa shape index (κ2) is 5.62. The first-order valence-corrected chi connectivity index (χ1v) is 7.15. The Bertz CT molecular complexity index is 665. The van der Waals surface area contributed by atoms with Crippen LogP contribution in [-0.4, -0.2) is 20.6 Å². The third-order valence-electron chi connectivity index (χ3n) is 3.14. The number of carbonyl (C=O) groups is 1. The van der Waals surface area contributed by atoms with Gasteiger partial charge in [-0.15, -0.1) is 0 Å². The van der Waals surface area contributed by atoms with Crippen molar-refractivity contribution in [2.75, 3.05) is 0 Å². The molecule has 1 heterocycles. The summed E-state index contributed by atoms with van der Waals surface area (Å²) in [7, 11) is 0. The monoisotopic (exact) mass is 314 g/mol. The highest BCUT2D eigenvalue weighted by molar-refractivity contribution is 6.42. The van der Waals surface area contributed by atoms with Gasteiger partial charge in [0.1, 0.15) is 11.9 Å². The number of fused-ring (bicyclic) bond motifs is 1. The first-order valence-electron chi connectivity index (χ1n) is 6.40. The maximum absolute atomic E-state index is 11.3. The number of nitrogens with zero attached hydrogens (tertiary/aromatic N) is 2. The molecular weight excluding hydrogens is 299 g/mol. The molecule has 1 N–H and O–H groups in total. The lowest BCUT2D eigenvalue weighted by Gasteiger charge is -2.14. The Kier molecular flexibility index (Phi) is 4.25. The summed E-state index contributed by atoms with van der Waals surface area (Å²) in [5, 5.41) is 10.1. The second-order valence-electron chi connectivity index (χ2n) is 5.27. The molecule has 2 rings (SSSR count). The molecule has 1 atom stereocenters. The van der Waals surface area contributed by atoms with Crippen LogP contribution in [0.25, 0.3) is 11.0 Å². The third-order valence-corrected chi connectivity index (χ3v) is 3.86. The van der Waals surface area contributed by atoms with Gasteiger partial charge in [0.05, 0.1) is 21.1 Å². The van der Waals surface area contributed by atoms with Crippen LogP contribution in [0.4, 0.5) is 0 Å². The molecule has 0 aliphatic rings. The SMILES string of the molecule is CC(C)Cc1nc2cc(Cl)c(Cl)cc2n1C(C)C(=O)O. The van der Waals surface area contributed by atoms with Crippen molar-refractivity contribution in [2.24, 2.45) is 5.92 Å². The molecule has 1 aromatic heterocycles. The summed E-state index contributed by atoms with van der Waals surface area (Å²) in [5.41, 5.74) is 1.37. The largest absolute Gasteiger partial charge is 0.480 e. The van der Waals surface area contributed by atoms with Crippen molar-refractivity contribution in [2.45, 2.75) is 33.2 Å². The zero-order valence-corrected chi connectivity index (χ0v) is 13.0. The van der Waals surface area contributed by atoms with Gasteiger partial charge in [0, 0.05) is 6.42 Å². The van der Waals surface area contributed by atoms with Gasteiger partial charge in [-0.05, 0) is 25.0 Å². The minimum atomic E-state index is -0.902. The zero-order chi connectivity index (χ0) is 15.0. The number of hydrogen-bond donors (Lipinski definition) is 1. The predicted octanol–water partition coefficient (Wildman–Crippen LogP) is 4.19. The van der Waals surface area contributed by atoms with Crippen molar-refractivity contribution in [1.29, 1.82) is 0 Å². The Labute approximate surface area is 127 Å². The molecule has 0 spiro atoms. The Hall–Kier alpha value is -1.26. The first kappa shape index (κ1) is 15.1. The van der Waals surface area contributed by atoms with Crippen LogP contribution in [0.1, 0.15) is 32.6 Å². The van der Waals surface area contributed by atoms with Gasteiger partial charge in [0.2, 0.25) is 0 Å². The lowest BCUT2D eigenvalue weighted by molar-refractivity contribution is -0.140. The summed E-state index contributed by atoms with van der Waals surface area (Å²) in [4.78, 5) is 15.8. The number of hydrogen-bond acceptors (Lipinski definition) is 2. The van der Waals surface area contributed by atoms with E-state index < -0.39 is 12.0 Å². The van der Waals surface area contributed by atoms with Crippen LogP contribution in [-0.2, 0) is 11.2 Å². The summed E-state index contributed by atoms with van der Waals surface area (Å²) in [6.07, 6.45) is 0.696. The molecule has 1 unspecified atom stereocenters. The molecule has 0 radical (unpaired) electrons. The van der Waals surface area contributed by atoms with Gasteiger partial charge >= 0.3 is 5.97 Å². The molecule has 0 amide bonds. The van der Waals surface area contributed by atoms with Gasteiger partial charge in [0.25, 0.3) is 0 Å². The quantitative estimate of drug-likeness (QED) is 0.920. The average molecular weight is 315 g/mol. The van der Waals surface area contributed by atoms with E-state index in [1.165, 1.54) is 0 Å². The van der Waals surface area contributed by atoms with E-state index in [-0.39, 0.29) is 0 Å². The van der Waals surface area contributed by atoms with Crippen molar-refractivity contribution >= 4 is 40.2 Å². The smallest absolute Gasteiger partial charge is 0.326 e. The van der Waals surface area contributed by atoms with Gasteiger partial charge in [-0.1, -0.05) is 37.0 Å². The van der Waals surface area contributed by atoms with E-state index in [0.717, 1.165) is 5.82 Å². The maximum Gasteiger partial charge on any atom is 0.326 e. The summed E-state index contributed by atoms with van der Waals surface area (Å²) >= 11 is 12.0. The van der Waals surface area contributed by atoms with E-state index >= 15 is 0 Å². The van der Waals surface area contributed by atoms with E-state index in [4.69, 9.17) is 23.2 Å². The van der Waals surface area contributed by atoms with Crippen LogP contribution in [0.2, 0.25) is 10.0 Å². The number of imidazole rings is 1. The number of aliphatic carboxylic acids is 1. The highest BCUT2D eigenvalue weighted by Crippen LogP contribution is 2.30. The van der Waals surface area contributed by atoms with Gasteiger partial charge < -0.3 is 9.67 Å². The molecule has 20 heavy (non-hydrogen) atoms. The summed E-state index contributed by atoms with van der Waals surface area (Å²) in [5.74, 6) is 0.209. The van der Waals surface area contributed by atoms with Gasteiger partial charge in [-0.25, -0.2) is 9.78 Å². The number of rotatable bonds is 4. The van der Waals surface area contributed by atoms with E-state index in [2.05, 4.69) is 18.8 Å². The molecule has 0 aliphatic heterocycles. The van der Waals surface area contributed by atoms with Crippen LogP contribution < -0.4 is 0 Å². The fraction of sp³-hybridized carbons (Fsp3) is 0.429. The Balaban J connectivity index is 2.70.